The van der Waals surface area contributed by atoms with Crippen molar-refractivity contribution in [2.75, 3.05) is 0 Å². The van der Waals surface area contributed by atoms with Crippen LogP contribution in [0.25, 0.3) is 0 Å². The van der Waals surface area contributed by atoms with E-state index in [4.69, 9.17) is 0 Å². The number of carbonyl (C=O) groups is 1. The van der Waals surface area contributed by atoms with E-state index < -0.39 is 0 Å². The molecule has 0 spiro atoms. The quantitative estimate of drug-likeness (QED) is 0.785. The highest BCUT2D eigenvalue weighted by molar-refractivity contribution is 5.83. The third-order valence-corrected chi connectivity index (χ3v) is 4.79. The predicted molar refractivity (Wildman–Crippen MR) is 111 cm³/mol. The summed E-state index contributed by atoms with van der Waals surface area (Å²) < 4.78 is 0. The van der Waals surface area contributed by atoms with Gasteiger partial charge in [0, 0.05) is 18.8 Å². The molecule has 138 valence electrons. The molecule has 0 aromatic heterocycles. The molecule has 3 nitrogen and oxygen atoms in total. The fourth-order valence-corrected chi connectivity index (χ4v) is 3.12. The van der Waals surface area contributed by atoms with Gasteiger partial charge >= 0.3 is 0 Å². The van der Waals surface area contributed by atoms with Crippen LogP contribution in [0, 0.1) is 0 Å². The number of hydrogen-bond donors (Lipinski definition) is 1. The maximum atomic E-state index is 12.9. The highest BCUT2D eigenvalue weighted by Gasteiger charge is 2.22. The largest absolute Gasteiger partial charge is 0.328 e. The van der Waals surface area contributed by atoms with Crippen molar-refractivity contribution in [1.29, 1.82) is 0 Å². The Hall–Kier alpha value is -2.91. The van der Waals surface area contributed by atoms with Crippen molar-refractivity contribution in [2.24, 2.45) is 0 Å². The lowest BCUT2D eigenvalue weighted by Gasteiger charge is -2.28. The lowest BCUT2D eigenvalue weighted by Crippen LogP contribution is -2.44. The van der Waals surface area contributed by atoms with E-state index in [1.165, 1.54) is 11.1 Å². The second-order valence-corrected chi connectivity index (χ2v) is 6.84. The van der Waals surface area contributed by atoms with Crippen molar-refractivity contribution < 1.29 is 4.79 Å². The van der Waals surface area contributed by atoms with E-state index in [0.717, 1.165) is 24.4 Å². The monoisotopic (exact) mass is 358 g/mol. The molecule has 0 saturated heterocycles. The van der Waals surface area contributed by atoms with Gasteiger partial charge in [0.1, 0.15) is 0 Å². The first-order valence-electron chi connectivity index (χ1n) is 9.32. The Morgan fingerprint density at radius 1 is 0.889 bits per heavy atom. The third kappa shape index (κ3) is 5.28. The average Bonchev–Trinajstić information content (AvgIpc) is 3.23. The van der Waals surface area contributed by atoms with E-state index in [0.29, 0.717) is 0 Å². The van der Waals surface area contributed by atoms with Gasteiger partial charge in [-0.1, -0.05) is 85.0 Å². The van der Waals surface area contributed by atoms with Crippen LogP contribution in [-0.4, -0.2) is 16.8 Å². The molecule has 1 N–H and O–H groups in total. The molecule has 27 heavy (non-hydrogen) atoms. The van der Waals surface area contributed by atoms with Crippen molar-refractivity contribution in [1.82, 2.24) is 10.2 Å². The van der Waals surface area contributed by atoms with Gasteiger partial charge in [-0.3, -0.25) is 9.69 Å². The van der Waals surface area contributed by atoms with E-state index in [9.17, 15) is 4.79 Å². The van der Waals surface area contributed by atoms with Gasteiger partial charge in [0.15, 0.2) is 0 Å². The Kier molecular flexibility index (Phi) is 6.39. The van der Waals surface area contributed by atoms with Crippen LogP contribution < -0.4 is 5.32 Å². The Balaban J connectivity index is 1.75. The molecule has 0 aliphatic heterocycles. The smallest absolute Gasteiger partial charge is 0.241 e. The number of benzene rings is 2. The van der Waals surface area contributed by atoms with E-state index in [1.807, 2.05) is 74.5 Å². The van der Waals surface area contributed by atoms with Crippen molar-refractivity contribution in [3.8, 4) is 0 Å². The zero-order valence-corrected chi connectivity index (χ0v) is 15.9. The first kappa shape index (κ1) is 18.9. The molecule has 0 fully saturated rings. The molecular weight excluding hydrogens is 332 g/mol. The van der Waals surface area contributed by atoms with Crippen LogP contribution in [0.15, 0.2) is 96.2 Å². The Bertz CT molecular complexity index is 795. The van der Waals surface area contributed by atoms with Gasteiger partial charge in [-0.15, -0.1) is 0 Å². The van der Waals surface area contributed by atoms with Crippen LogP contribution in [0.2, 0.25) is 0 Å². The van der Waals surface area contributed by atoms with Crippen LogP contribution in [0.1, 0.15) is 25.0 Å². The van der Waals surface area contributed by atoms with Gasteiger partial charge in [0.05, 0.1) is 6.04 Å². The van der Waals surface area contributed by atoms with E-state index in [1.54, 1.807) is 0 Å². The zero-order chi connectivity index (χ0) is 19.1. The summed E-state index contributed by atoms with van der Waals surface area (Å²) in [5.74, 6) is 0.0144. The lowest BCUT2D eigenvalue weighted by molar-refractivity contribution is -0.125. The molecule has 1 aliphatic rings. The van der Waals surface area contributed by atoms with Crippen LogP contribution in [-0.2, 0) is 17.9 Å². The molecule has 3 heteroatoms. The summed E-state index contributed by atoms with van der Waals surface area (Å²) in [6.07, 6.45) is 7.97. The molecule has 1 atom stereocenters. The maximum Gasteiger partial charge on any atom is 0.241 e. The summed E-state index contributed by atoms with van der Waals surface area (Å²) >= 11 is 0. The molecule has 0 saturated carbocycles. The molecule has 1 unspecified atom stereocenters. The molecule has 2 aromatic rings. The maximum absolute atomic E-state index is 12.9. The SMILES string of the molecule is CC(NC(=O)C(C)N(Cc1ccccc1)Cc1ccccc1)=C1C=CC=C1. The highest BCUT2D eigenvalue weighted by Crippen LogP contribution is 2.15. The van der Waals surface area contributed by atoms with Crippen molar-refractivity contribution in [2.45, 2.75) is 33.0 Å². The van der Waals surface area contributed by atoms with Crippen molar-refractivity contribution >= 4 is 5.91 Å². The van der Waals surface area contributed by atoms with Gasteiger partial charge in [0.2, 0.25) is 5.91 Å². The summed E-state index contributed by atoms with van der Waals surface area (Å²) in [6.45, 7) is 5.36. The molecule has 3 rings (SSSR count). The second-order valence-electron chi connectivity index (χ2n) is 6.84. The normalized spacial score (nSPS) is 13.8. The Labute approximate surface area is 161 Å². The number of allylic oxidation sites excluding steroid dienone is 6. The summed E-state index contributed by atoms with van der Waals surface area (Å²) in [7, 11) is 0. The predicted octanol–water partition coefficient (Wildman–Crippen LogP) is 4.59. The minimum absolute atomic E-state index is 0.0144. The van der Waals surface area contributed by atoms with Crippen LogP contribution in [0.4, 0.5) is 0 Å². The summed E-state index contributed by atoms with van der Waals surface area (Å²) in [5.41, 5.74) is 4.33. The van der Waals surface area contributed by atoms with Crippen LogP contribution >= 0.6 is 0 Å². The lowest BCUT2D eigenvalue weighted by atomic mass is 10.1. The van der Waals surface area contributed by atoms with E-state index in [-0.39, 0.29) is 11.9 Å². The van der Waals surface area contributed by atoms with Gasteiger partial charge in [-0.25, -0.2) is 0 Å². The standard InChI is InChI=1S/C24H26N2O/c1-19(23-15-9-10-16-23)25-24(27)20(2)26(17-21-11-5-3-6-12-21)18-22-13-7-4-8-14-22/h3-16,20H,17-18H2,1-2H3,(H,25,27). The summed E-state index contributed by atoms with van der Waals surface area (Å²) in [4.78, 5) is 15.1. The van der Waals surface area contributed by atoms with Crippen molar-refractivity contribution in [3.05, 3.63) is 107 Å². The minimum atomic E-state index is -0.254. The Morgan fingerprint density at radius 3 is 1.85 bits per heavy atom. The number of hydrogen-bond acceptors (Lipinski definition) is 2. The topological polar surface area (TPSA) is 32.3 Å². The van der Waals surface area contributed by atoms with Crippen LogP contribution in [0.5, 0.6) is 0 Å². The Morgan fingerprint density at radius 2 is 1.37 bits per heavy atom. The second kappa shape index (κ2) is 9.15. The summed E-state index contributed by atoms with van der Waals surface area (Å²) in [5, 5.41) is 3.07. The van der Waals surface area contributed by atoms with Gasteiger partial charge in [-0.2, -0.15) is 0 Å². The first-order valence-corrected chi connectivity index (χ1v) is 9.32. The molecular formula is C24H26N2O. The minimum Gasteiger partial charge on any atom is -0.328 e. The van der Waals surface area contributed by atoms with E-state index in [2.05, 4.69) is 34.5 Å². The molecule has 2 aromatic carbocycles. The zero-order valence-electron chi connectivity index (χ0n) is 15.9. The fourth-order valence-electron chi connectivity index (χ4n) is 3.12. The molecule has 1 aliphatic carbocycles. The molecule has 0 heterocycles. The number of nitrogens with one attached hydrogen (secondary N) is 1. The average molecular weight is 358 g/mol. The van der Waals surface area contributed by atoms with Gasteiger partial charge in [0.25, 0.3) is 0 Å². The summed E-state index contributed by atoms with van der Waals surface area (Å²) in [6, 6.07) is 20.3. The number of carbonyl (C=O) groups excluding carboxylic acids is 1. The number of amides is 1. The van der Waals surface area contributed by atoms with Gasteiger partial charge in [-0.05, 0) is 30.5 Å². The number of nitrogens with zero attached hydrogens (tertiary/aromatic N) is 1. The number of rotatable bonds is 7. The highest BCUT2D eigenvalue weighted by atomic mass is 16.2. The molecule has 1 amide bonds. The van der Waals surface area contributed by atoms with Crippen LogP contribution in [0.3, 0.4) is 0 Å². The molecule has 0 bridgehead atoms. The van der Waals surface area contributed by atoms with Crippen molar-refractivity contribution in [3.63, 3.8) is 0 Å². The van der Waals surface area contributed by atoms with E-state index >= 15 is 0 Å². The third-order valence-electron chi connectivity index (χ3n) is 4.79. The fraction of sp³-hybridized carbons (Fsp3) is 0.208. The molecule has 0 radical (unpaired) electrons. The first-order chi connectivity index (χ1) is 13.1. The van der Waals surface area contributed by atoms with Gasteiger partial charge < -0.3 is 5.32 Å².